The van der Waals surface area contributed by atoms with Gasteiger partial charge >= 0.3 is 5.97 Å². The second-order valence-corrected chi connectivity index (χ2v) is 7.27. The Bertz CT molecular complexity index is 1040. The van der Waals surface area contributed by atoms with E-state index in [0.29, 0.717) is 29.9 Å². The summed E-state index contributed by atoms with van der Waals surface area (Å²) in [6.07, 6.45) is 0. The van der Waals surface area contributed by atoms with E-state index in [-0.39, 0.29) is 29.9 Å². The SMILES string of the molecule is O=C1CN(Cc2c(-c3cccs3)nc3ccc(F)cc3c2C(=O)O)CCN1. The van der Waals surface area contributed by atoms with E-state index in [9.17, 15) is 19.1 Å². The molecular formula is C19H16FN3O3S. The average Bonchev–Trinajstić information content (AvgIpc) is 3.15. The normalized spacial score (nSPS) is 15.1. The van der Waals surface area contributed by atoms with E-state index in [1.807, 2.05) is 22.4 Å². The molecule has 1 aromatic carbocycles. The van der Waals surface area contributed by atoms with Crippen LogP contribution in [0.25, 0.3) is 21.5 Å². The molecule has 0 saturated carbocycles. The zero-order valence-electron chi connectivity index (χ0n) is 14.2. The van der Waals surface area contributed by atoms with Crippen molar-refractivity contribution in [1.82, 2.24) is 15.2 Å². The Morgan fingerprint density at radius 1 is 1.37 bits per heavy atom. The highest BCUT2D eigenvalue weighted by Crippen LogP contribution is 2.34. The van der Waals surface area contributed by atoms with Crippen LogP contribution in [-0.4, -0.2) is 46.5 Å². The number of aromatic nitrogens is 1. The number of thiophene rings is 1. The maximum absolute atomic E-state index is 13.8. The molecule has 1 fully saturated rings. The van der Waals surface area contributed by atoms with E-state index >= 15 is 0 Å². The van der Waals surface area contributed by atoms with Crippen molar-refractivity contribution in [2.75, 3.05) is 19.6 Å². The van der Waals surface area contributed by atoms with Gasteiger partial charge in [0.15, 0.2) is 0 Å². The highest BCUT2D eigenvalue weighted by molar-refractivity contribution is 7.13. The molecule has 1 saturated heterocycles. The molecule has 138 valence electrons. The third-order valence-electron chi connectivity index (χ3n) is 4.52. The number of nitrogens with zero attached hydrogens (tertiary/aromatic N) is 2. The molecule has 1 aliphatic heterocycles. The fraction of sp³-hybridized carbons (Fsp3) is 0.211. The molecule has 4 rings (SSSR count). The second-order valence-electron chi connectivity index (χ2n) is 6.32. The van der Waals surface area contributed by atoms with Crippen LogP contribution in [-0.2, 0) is 11.3 Å². The minimum absolute atomic E-state index is 0.0360. The van der Waals surface area contributed by atoms with Gasteiger partial charge in [0, 0.05) is 30.6 Å². The number of amides is 1. The van der Waals surface area contributed by atoms with E-state index in [0.717, 1.165) is 4.88 Å². The Morgan fingerprint density at radius 3 is 2.93 bits per heavy atom. The molecule has 1 amide bonds. The summed E-state index contributed by atoms with van der Waals surface area (Å²) < 4.78 is 13.8. The first-order valence-electron chi connectivity index (χ1n) is 8.41. The molecule has 0 bridgehead atoms. The van der Waals surface area contributed by atoms with Crippen molar-refractivity contribution < 1.29 is 19.1 Å². The van der Waals surface area contributed by atoms with Crippen molar-refractivity contribution in [3.8, 4) is 10.6 Å². The summed E-state index contributed by atoms with van der Waals surface area (Å²) >= 11 is 1.46. The van der Waals surface area contributed by atoms with Crippen LogP contribution in [0.3, 0.4) is 0 Å². The molecule has 0 radical (unpaired) electrons. The molecule has 1 aliphatic rings. The molecule has 0 spiro atoms. The predicted molar refractivity (Wildman–Crippen MR) is 100 cm³/mol. The summed E-state index contributed by atoms with van der Waals surface area (Å²) in [5, 5.41) is 14.8. The van der Waals surface area contributed by atoms with Crippen LogP contribution in [0, 0.1) is 5.82 Å². The zero-order valence-corrected chi connectivity index (χ0v) is 15.1. The average molecular weight is 385 g/mol. The maximum Gasteiger partial charge on any atom is 0.336 e. The molecular weight excluding hydrogens is 369 g/mol. The van der Waals surface area contributed by atoms with E-state index in [2.05, 4.69) is 10.3 Å². The third-order valence-corrected chi connectivity index (χ3v) is 5.39. The van der Waals surface area contributed by atoms with Gasteiger partial charge in [-0.15, -0.1) is 11.3 Å². The Morgan fingerprint density at radius 2 is 2.22 bits per heavy atom. The van der Waals surface area contributed by atoms with E-state index in [4.69, 9.17) is 0 Å². The number of halogens is 1. The van der Waals surface area contributed by atoms with Gasteiger partial charge in [0.2, 0.25) is 5.91 Å². The lowest BCUT2D eigenvalue weighted by Gasteiger charge is -2.28. The molecule has 0 atom stereocenters. The van der Waals surface area contributed by atoms with Gasteiger partial charge in [0.1, 0.15) is 5.82 Å². The van der Waals surface area contributed by atoms with E-state index in [1.54, 1.807) is 0 Å². The van der Waals surface area contributed by atoms with Crippen LogP contribution < -0.4 is 5.32 Å². The van der Waals surface area contributed by atoms with Gasteiger partial charge in [-0.2, -0.15) is 0 Å². The number of carbonyl (C=O) groups is 2. The van der Waals surface area contributed by atoms with Gasteiger partial charge in [-0.05, 0) is 29.6 Å². The summed E-state index contributed by atoms with van der Waals surface area (Å²) in [4.78, 5) is 31.2. The minimum Gasteiger partial charge on any atom is -0.478 e. The number of rotatable bonds is 4. The highest BCUT2D eigenvalue weighted by Gasteiger charge is 2.25. The number of fused-ring (bicyclic) bond motifs is 1. The first-order valence-corrected chi connectivity index (χ1v) is 9.29. The number of carboxylic acids is 1. The van der Waals surface area contributed by atoms with Gasteiger partial charge in [0.05, 0.1) is 28.2 Å². The first kappa shape index (κ1) is 17.6. The number of hydrogen-bond donors (Lipinski definition) is 2. The van der Waals surface area contributed by atoms with Gasteiger partial charge in [-0.3, -0.25) is 9.69 Å². The van der Waals surface area contributed by atoms with Crippen LogP contribution in [0.2, 0.25) is 0 Å². The summed E-state index contributed by atoms with van der Waals surface area (Å²) in [6, 6.07) is 7.71. The summed E-state index contributed by atoms with van der Waals surface area (Å²) in [7, 11) is 0. The quantitative estimate of drug-likeness (QED) is 0.722. The zero-order chi connectivity index (χ0) is 19.0. The fourth-order valence-electron chi connectivity index (χ4n) is 3.34. The van der Waals surface area contributed by atoms with Crippen molar-refractivity contribution in [3.63, 3.8) is 0 Å². The Kier molecular flexibility index (Phi) is 4.59. The number of pyridine rings is 1. The van der Waals surface area contributed by atoms with Gasteiger partial charge in [-0.25, -0.2) is 14.2 Å². The second kappa shape index (κ2) is 7.05. The number of piperazine rings is 1. The van der Waals surface area contributed by atoms with Crippen molar-refractivity contribution in [3.05, 3.63) is 52.7 Å². The Labute approximate surface area is 158 Å². The largest absolute Gasteiger partial charge is 0.478 e. The standard InChI is InChI=1S/C19H16FN3O3S/c20-11-3-4-14-12(8-11)17(19(25)26)13(9-23-6-5-21-16(24)10-23)18(22-14)15-2-1-7-27-15/h1-4,7-8H,5-6,9-10H2,(H,21,24)(H,25,26). The van der Waals surface area contributed by atoms with Gasteiger partial charge < -0.3 is 10.4 Å². The lowest BCUT2D eigenvalue weighted by atomic mass is 9.98. The number of carbonyl (C=O) groups excluding carboxylic acids is 1. The Hall–Kier alpha value is -2.84. The molecule has 27 heavy (non-hydrogen) atoms. The van der Waals surface area contributed by atoms with Gasteiger partial charge in [-0.1, -0.05) is 6.07 Å². The molecule has 8 heteroatoms. The van der Waals surface area contributed by atoms with Crippen molar-refractivity contribution in [1.29, 1.82) is 0 Å². The Balaban J connectivity index is 1.94. The number of carboxylic acid groups (broad SMARTS) is 1. The summed E-state index contributed by atoms with van der Waals surface area (Å²) in [6.45, 7) is 1.55. The smallest absolute Gasteiger partial charge is 0.336 e. The predicted octanol–water partition coefficient (Wildman–Crippen LogP) is 2.73. The molecule has 3 aromatic rings. The minimum atomic E-state index is -1.14. The number of benzene rings is 1. The summed E-state index contributed by atoms with van der Waals surface area (Å²) in [5.41, 5.74) is 1.52. The monoisotopic (exact) mass is 385 g/mol. The molecule has 0 aliphatic carbocycles. The molecule has 0 unspecified atom stereocenters. The van der Waals surface area contributed by atoms with Crippen LogP contribution in [0.4, 0.5) is 4.39 Å². The number of hydrogen-bond acceptors (Lipinski definition) is 5. The first-order chi connectivity index (χ1) is 13.0. The number of aromatic carboxylic acids is 1. The topological polar surface area (TPSA) is 82.5 Å². The van der Waals surface area contributed by atoms with E-state index in [1.165, 1.54) is 29.5 Å². The van der Waals surface area contributed by atoms with Crippen LogP contribution in [0.1, 0.15) is 15.9 Å². The van der Waals surface area contributed by atoms with Crippen LogP contribution in [0.5, 0.6) is 0 Å². The van der Waals surface area contributed by atoms with Crippen LogP contribution >= 0.6 is 11.3 Å². The van der Waals surface area contributed by atoms with E-state index < -0.39 is 11.8 Å². The van der Waals surface area contributed by atoms with Crippen molar-refractivity contribution in [2.45, 2.75) is 6.54 Å². The maximum atomic E-state index is 13.8. The third kappa shape index (κ3) is 3.41. The van der Waals surface area contributed by atoms with Crippen molar-refractivity contribution >= 4 is 34.1 Å². The van der Waals surface area contributed by atoms with Gasteiger partial charge in [0.25, 0.3) is 0 Å². The molecule has 3 heterocycles. The summed E-state index contributed by atoms with van der Waals surface area (Å²) in [5.74, 6) is -1.75. The molecule has 2 aromatic heterocycles. The van der Waals surface area contributed by atoms with Crippen molar-refractivity contribution in [2.24, 2.45) is 0 Å². The lowest BCUT2D eigenvalue weighted by Crippen LogP contribution is -2.47. The fourth-order valence-corrected chi connectivity index (χ4v) is 4.08. The van der Waals surface area contributed by atoms with Crippen LogP contribution in [0.15, 0.2) is 35.7 Å². The molecule has 6 nitrogen and oxygen atoms in total. The number of nitrogens with one attached hydrogen (secondary N) is 1. The lowest BCUT2D eigenvalue weighted by molar-refractivity contribution is -0.124. The molecule has 2 N–H and O–H groups in total. The highest BCUT2D eigenvalue weighted by atomic mass is 32.1.